The number of rotatable bonds is 4. The van der Waals surface area contributed by atoms with Crippen LogP contribution in [0.25, 0.3) is 6.08 Å². The van der Waals surface area contributed by atoms with E-state index in [1.54, 1.807) is 0 Å². The third kappa shape index (κ3) is 4.18. The summed E-state index contributed by atoms with van der Waals surface area (Å²) in [6.07, 6.45) is 2.22. The Morgan fingerprint density at radius 1 is 1.40 bits per heavy atom. The van der Waals surface area contributed by atoms with Gasteiger partial charge in [0.05, 0.1) is 0 Å². The van der Waals surface area contributed by atoms with Crippen molar-refractivity contribution in [1.29, 1.82) is 0 Å². The highest BCUT2D eigenvalue weighted by Gasteiger charge is 2.01. The van der Waals surface area contributed by atoms with Crippen LogP contribution < -0.4 is 5.32 Å². The maximum Gasteiger partial charge on any atom is 0.0251 e. The first-order valence-electron chi connectivity index (χ1n) is 5.30. The van der Waals surface area contributed by atoms with Crippen molar-refractivity contribution in [3.63, 3.8) is 0 Å². The van der Waals surface area contributed by atoms with E-state index < -0.39 is 0 Å². The lowest BCUT2D eigenvalue weighted by atomic mass is 10.1. The number of nitrogens with one attached hydrogen (secondary N) is 1. The van der Waals surface area contributed by atoms with Crippen molar-refractivity contribution in [3.8, 4) is 0 Å². The molecule has 0 aliphatic rings. The van der Waals surface area contributed by atoms with E-state index in [0.29, 0.717) is 6.04 Å². The van der Waals surface area contributed by atoms with E-state index in [9.17, 15) is 0 Å². The molecule has 0 heterocycles. The van der Waals surface area contributed by atoms with E-state index in [2.05, 4.69) is 72.4 Å². The molecule has 0 saturated carbocycles. The lowest BCUT2D eigenvalue weighted by Crippen LogP contribution is -2.26. The number of halogens is 1. The molecule has 1 nitrogen and oxygen atoms in total. The van der Waals surface area contributed by atoms with Crippen molar-refractivity contribution < 1.29 is 0 Å². The molecule has 0 saturated heterocycles. The molecule has 0 bridgehead atoms. The zero-order chi connectivity index (χ0) is 11.3. The molecule has 1 N–H and O–H groups in total. The van der Waals surface area contributed by atoms with Crippen LogP contribution in [-0.4, -0.2) is 12.6 Å². The fraction of sp³-hybridized carbons (Fsp3) is 0.385. The fourth-order valence-electron chi connectivity index (χ4n) is 1.41. The second-order valence-corrected chi connectivity index (χ2v) is 4.63. The van der Waals surface area contributed by atoms with Gasteiger partial charge in [0, 0.05) is 10.5 Å². The Labute approximate surface area is 101 Å². The molecule has 0 radical (unpaired) electrons. The molecule has 1 atom stereocenters. The summed E-state index contributed by atoms with van der Waals surface area (Å²) in [6.45, 7) is 7.49. The molecule has 1 aromatic rings. The largest absolute Gasteiger partial charge is 0.311 e. The lowest BCUT2D eigenvalue weighted by molar-refractivity contribution is 0.636. The van der Waals surface area contributed by atoms with Crippen molar-refractivity contribution in [3.05, 3.63) is 39.9 Å². The minimum absolute atomic E-state index is 0.443. The third-order valence-electron chi connectivity index (χ3n) is 2.46. The van der Waals surface area contributed by atoms with Crippen molar-refractivity contribution >= 4 is 22.0 Å². The number of benzene rings is 1. The smallest absolute Gasteiger partial charge is 0.0251 e. The van der Waals surface area contributed by atoms with Gasteiger partial charge in [-0.25, -0.2) is 0 Å². The van der Waals surface area contributed by atoms with Crippen LogP contribution >= 0.6 is 15.9 Å². The molecular weight excluding hydrogens is 250 g/mol. The van der Waals surface area contributed by atoms with Gasteiger partial charge in [-0.15, -0.1) is 0 Å². The molecule has 0 aliphatic heterocycles. The molecule has 0 amide bonds. The third-order valence-corrected chi connectivity index (χ3v) is 2.99. The van der Waals surface area contributed by atoms with Crippen molar-refractivity contribution in [1.82, 2.24) is 5.32 Å². The quantitative estimate of drug-likeness (QED) is 0.874. The maximum atomic E-state index is 3.43. The lowest BCUT2D eigenvalue weighted by Gasteiger charge is -2.12. The van der Waals surface area contributed by atoms with Crippen molar-refractivity contribution in [2.24, 2.45) is 0 Å². The Balaban J connectivity index is 2.73. The average molecular weight is 268 g/mol. The van der Waals surface area contributed by atoms with Gasteiger partial charge in [0.25, 0.3) is 0 Å². The van der Waals surface area contributed by atoms with Crippen LogP contribution in [0.3, 0.4) is 0 Å². The van der Waals surface area contributed by atoms with Gasteiger partial charge in [-0.1, -0.05) is 46.6 Å². The van der Waals surface area contributed by atoms with Crippen LogP contribution in [0, 0.1) is 0 Å². The molecular formula is C13H18BrN. The highest BCUT2D eigenvalue weighted by atomic mass is 79.9. The van der Waals surface area contributed by atoms with Gasteiger partial charge in [0.1, 0.15) is 0 Å². The van der Waals surface area contributed by atoms with E-state index in [-0.39, 0.29) is 0 Å². The van der Waals surface area contributed by atoms with E-state index in [1.165, 1.54) is 11.1 Å². The molecule has 1 rings (SSSR count). The van der Waals surface area contributed by atoms with Crippen LogP contribution in [0.15, 0.2) is 34.3 Å². The second kappa shape index (κ2) is 6.09. The van der Waals surface area contributed by atoms with Crippen molar-refractivity contribution in [2.75, 3.05) is 6.54 Å². The molecule has 0 aliphatic carbocycles. The van der Waals surface area contributed by atoms with Gasteiger partial charge in [0.2, 0.25) is 0 Å². The Kier molecular flexibility index (Phi) is 5.06. The normalized spacial score (nSPS) is 14.0. The zero-order valence-electron chi connectivity index (χ0n) is 9.55. The first-order valence-corrected chi connectivity index (χ1v) is 6.10. The van der Waals surface area contributed by atoms with E-state index in [1.807, 2.05) is 0 Å². The van der Waals surface area contributed by atoms with Crippen LogP contribution in [0.1, 0.15) is 26.3 Å². The summed E-state index contributed by atoms with van der Waals surface area (Å²) in [5.74, 6) is 0. The van der Waals surface area contributed by atoms with Crippen LogP contribution in [-0.2, 0) is 0 Å². The van der Waals surface area contributed by atoms with Crippen LogP contribution in [0.5, 0.6) is 0 Å². The summed E-state index contributed by atoms with van der Waals surface area (Å²) >= 11 is 3.43. The predicted octanol–water partition coefficient (Wildman–Crippen LogP) is 3.85. The van der Waals surface area contributed by atoms with Gasteiger partial charge >= 0.3 is 0 Å². The number of hydrogen-bond donors (Lipinski definition) is 1. The van der Waals surface area contributed by atoms with Gasteiger partial charge in [-0.3, -0.25) is 0 Å². The van der Waals surface area contributed by atoms with Gasteiger partial charge in [0.15, 0.2) is 0 Å². The summed E-state index contributed by atoms with van der Waals surface area (Å²) in [7, 11) is 0. The molecule has 0 spiro atoms. The minimum atomic E-state index is 0.443. The topological polar surface area (TPSA) is 12.0 Å². The standard InChI is InChI=1S/C13H18BrN/c1-4-15-11(3)10(2)9-12-5-7-13(14)8-6-12/h5-9,11,15H,4H2,1-3H3/b10-9+. The fourth-order valence-corrected chi connectivity index (χ4v) is 1.68. The molecule has 82 valence electrons. The van der Waals surface area contributed by atoms with Gasteiger partial charge in [-0.2, -0.15) is 0 Å². The summed E-state index contributed by atoms with van der Waals surface area (Å²) < 4.78 is 1.12. The van der Waals surface area contributed by atoms with Crippen LogP contribution in [0.2, 0.25) is 0 Å². The Morgan fingerprint density at radius 3 is 2.53 bits per heavy atom. The summed E-state index contributed by atoms with van der Waals surface area (Å²) in [5, 5.41) is 3.40. The number of likely N-dealkylation sites (N-methyl/N-ethyl adjacent to an activating group) is 1. The van der Waals surface area contributed by atoms with Crippen LogP contribution in [0.4, 0.5) is 0 Å². The molecule has 1 unspecified atom stereocenters. The minimum Gasteiger partial charge on any atom is -0.311 e. The highest BCUT2D eigenvalue weighted by molar-refractivity contribution is 9.10. The summed E-state index contributed by atoms with van der Waals surface area (Å²) in [6, 6.07) is 8.81. The monoisotopic (exact) mass is 267 g/mol. The SMILES string of the molecule is CCNC(C)/C(C)=C/c1ccc(Br)cc1. The van der Waals surface area contributed by atoms with Gasteiger partial charge in [-0.05, 0) is 38.1 Å². The van der Waals surface area contributed by atoms with E-state index >= 15 is 0 Å². The maximum absolute atomic E-state index is 3.43. The molecule has 1 aromatic carbocycles. The zero-order valence-corrected chi connectivity index (χ0v) is 11.1. The Hall–Kier alpha value is -0.600. The molecule has 0 aromatic heterocycles. The Morgan fingerprint density at radius 2 is 2.00 bits per heavy atom. The molecule has 0 fully saturated rings. The highest BCUT2D eigenvalue weighted by Crippen LogP contribution is 2.14. The predicted molar refractivity (Wildman–Crippen MR) is 70.9 cm³/mol. The molecule has 15 heavy (non-hydrogen) atoms. The Bertz CT molecular complexity index is 327. The van der Waals surface area contributed by atoms with E-state index in [4.69, 9.17) is 0 Å². The van der Waals surface area contributed by atoms with Crippen molar-refractivity contribution in [2.45, 2.75) is 26.8 Å². The summed E-state index contributed by atoms with van der Waals surface area (Å²) in [5.41, 5.74) is 2.61. The average Bonchev–Trinajstić information content (AvgIpc) is 2.22. The molecule has 2 heteroatoms. The number of hydrogen-bond acceptors (Lipinski definition) is 1. The first kappa shape index (κ1) is 12.5. The first-order chi connectivity index (χ1) is 7.13. The second-order valence-electron chi connectivity index (χ2n) is 3.72. The van der Waals surface area contributed by atoms with Gasteiger partial charge < -0.3 is 5.32 Å². The summed E-state index contributed by atoms with van der Waals surface area (Å²) in [4.78, 5) is 0. The van der Waals surface area contributed by atoms with E-state index in [0.717, 1.165) is 11.0 Å².